The highest BCUT2D eigenvalue weighted by Crippen LogP contribution is 2.47. The van der Waals surface area contributed by atoms with Gasteiger partial charge in [-0.05, 0) is 47.9 Å². The van der Waals surface area contributed by atoms with Crippen LogP contribution in [0.5, 0.6) is 5.75 Å². The average molecular weight is 290 g/mol. The molecule has 2 N–H and O–H groups in total. The molecule has 4 heteroatoms. The molecule has 21 heavy (non-hydrogen) atoms. The molecule has 1 aromatic carbocycles. The fourth-order valence-corrected chi connectivity index (χ4v) is 3.84. The summed E-state index contributed by atoms with van der Waals surface area (Å²) in [7, 11) is 0. The van der Waals surface area contributed by atoms with E-state index in [2.05, 4.69) is 0 Å². The lowest BCUT2D eigenvalue weighted by Crippen LogP contribution is -2.24. The topological polar surface area (TPSA) is 66.8 Å². The van der Waals surface area contributed by atoms with E-state index in [0.717, 1.165) is 49.0 Å². The number of hydrogen-bond acceptors (Lipinski definition) is 3. The van der Waals surface area contributed by atoms with Gasteiger partial charge in [0, 0.05) is 6.42 Å². The van der Waals surface area contributed by atoms with Gasteiger partial charge < -0.3 is 14.9 Å². The van der Waals surface area contributed by atoms with Gasteiger partial charge in [-0.2, -0.15) is 0 Å². The number of hydrogen-bond donors (Lipinski definition) is 2. The summed E-state index contributed by atoms with van der Waals surface area (Å²) < 4.78 is 5.48. The van der Waals surface area contributed by atoms with Crippen LogP contribution in [-0.4, -0.2) is 22.8 Å². The third kappa shape index (κ3) is 3.05. The molecule has 1 atom stereocenters. The minimum absolute atomic E-state index is 0.165. The predicted octanol–water partition coefficient (Wildman–Crippen LogP) is 3.08. The molecule has 4 nitrogen and oxygen atoms in total. The number of ether oxygens (including phenoxy) is 1. The molecule has 0 saturated heterocycles. The van der Waals surface area contributed by atoms with Crippen LogP contribution in [0.4, 0.5) is 0 Å². The largest absolute Gasteiger partial charge is 0.493 e. The third-order valence-electron chi connectivity index (χ3n) is 4.92. The summed E-state index contributed by atoms with van der Waals surface area (Å²) >= 11 is 0. The molecule has 3 rings (SSSR count). The van der Waals surface area contributed by atoms with Gasteiger partial charge in [-0.25, -0.2) is 0 Å². The molecule has 0 spiro atoms. The number of aliphatic hydroxyl groups is 1. The molecule has 0 radical (unpaired) electrons. The van der Waals surface area contributed by atoms with Crippen LogP contribution in [-0.2, 0) is 11.2 Å². The van der Waals surface area contributed by atoms with Crippen LogP contribution in [0.1, 0.15) is 55.8 Å². The molecular formula is C17H22O4. The Balaban J connectivity index is 1.75. The van der Waals surface area contributed by atoms with E-state index in [1.165, 1.54) is 0 Å². The maximum Gasteiger partial charge on any atom is 0.303 e. The van der Waals surface area contributed by atoms with Crippen molar-refractivity contribution in [2.24, 2.45) is 5.41 Å². The first kappa shape index (κ1) is 14.4. The Bertz CT molecular complexity index is 532. The lowest BCUT2D eigenvalue weighted by Gasteiger charge is -2.30. The highest BCUT2D eigenvalue weighted by Gasteiger charge is 2.38. The quantitative estimate of drug-likeness (QED) is 0.874. The highest BCUT2D eigenvalue weighted by molar-refractivity contribution is 5.67. The second-order valence-electron chi connectivity index (χ2n) is 6.46. The molecule has 1 fully saturated rings. The van der Waals surface area contributed by atoms with Crippen molar-refractivity contribution in [1.82, 2.24) is 0 Å². The van der Waals surface area contributed by atoms with E-state index in [1.54, 1.807) is 0 Å². The zero-order valence-corrected chi connectivity index (χ0v) is 12.2. The Labute approximate surface area is 124 Å². The van der Waals surface area contributed by atoms with Gasteiger partial charge in [0.1, 0.15) is 5.75 Å². The van der Waals surface area contributed by atoms with Crippen molar-refractivity contribution in [3.8, 4) is 5.75 Å². The van der Waals surface area contributed by atoms with E-state index in [0.29, 0.717) is 13.0 Å². The Morgan fingerprint density at radius 3 is 2.81 bits per heavy atom. The third-order valence-corrected chi connectivity index (χ3v) is 4.92. The smallest absolute Gasteiger partial charge is 0.303 e. The summed E-state index contributed by atoms with van der Waals surface area (Å²) in [4.78, 5) is 11.1. The van der Waals surface area contributed by atoms with Crippen LogP contribution >= 0.6 is 0 Å². The van der Waals surface area contributed by atoms with Gasteiger partial charge >= 0.3 is 5.97 Å². The van der Waals surface area contributed by atoms with E-state index in [1.807, 2.05) is 18.2 Å². The van der Waals surface area contributed by atoms with Crippen molar-refractivity contribution in [1.29, 1.82) is 0 Å². The van der Waals surface area contributed by atoms with Gasteiger partial charge in [-0.1, -0.05) is 18.9 Å². The number of aliphatic carboxylic acids is 1. The summed E-state index contributed by atoms with van der Waals surface area (Å²) in [5.41, 5.74) is 1.79. The lowest BCUT2D eigenvalue weighted by molar-refractivity contribution is -0.140. The zero-order valence-electron chi connectivity index (χ0n) is 12.2. The van der Waals surface area contributed by atoms with E-state index in [9.17, 15) is 9.90 Å². The van der Waals surface area contributed by atoms with Crippen LogP contribution < -0.4 is 4.74 Å². The van der Waals surface area contributed by atoms with Crippen molar-refractivity contribution in [2.45, 2.75) is 51.0 Å². The van der Waals surface area contributed by atoms with Gasteiger partial charge in [0.2, 0.25) is 0 Å². The SMILES string of the molecule is O=C(O)CC1(CC(O)c2ccc3c(c2)CCO3)CCCC1. The highest BCUT2D eigenvalue weighted by atomic mass is 16.5. The van der Waals surface area contributed by atoms with Crippen LogP contribution in [0.3, 0.4) is 0 Å². The lowest BCUT2D eigenvalue weighted by atomic mass is 9.76. The van der Waals surface area contributed by atoms with Crippen LogP contribution in [0, 0.1) is 5.41 Å². The Hall–Kier alpha value is -1.55. The predicted molar refractivity (Wildman–Crippen MR) is 78.4 cm³/mol. The van der Waals surface area contributed by atoms with Crippen molar-refractivity contribution in [2.75, 3.05) is 6.61 Å². The van der Waals surface area contributed by atoms with E-state index in [4.69, 9.17) is 9.84 Å². The molecule has 1 aromatic rings. The molecule has 114 valence electrons. The molecule has 0 amide bonds. The first-order chi connectivity index (χ1) is 10.1. The van der Waals surface area contributed by atoms with Crippen molar-refractivity contribution < 1.29 is 19.7 Å². The number of benzene rings is 1. The molecule has 1 aliphatic carbocycles. The van der Waals surface area contributed by atoms with E-state index >= 15 is 0 Å². The minimum atomic E-state index is -0.758. The second kappa shape index (κ2) is 5.68. The minimum Gasteiger partial charge on any atom is -0.493 e. The summed E-state index contributed by atoms with van der Waals surface area (Å²) in [5, 5.41) is 19.7. The molecule has 1 unspecified atom stereocenters. The van der Waals surface area contributed by atoms with Gasteiger partial charge in [0.15, 0.2) is 0 Å². The molecule has 2 aliphatic rings. The number of rotatable bonds is 5. The van der Waals surface area contributed by atoms with E-state index in [-0.39, 0.29) is 11.8 Å². The summed E-state index contributed by atoms with van der Waals surface area (Å²) in [6.07, 6.45) is 4.95. The molecule has 1 saturated carbocycles. The average Bonchev–Trinajstić information content (AvgIpc) is 3.06. The van der Waals surface area contributed by atoms with Crippen LogP contribution in [0.2, 0.25) is 0 Å². The first-order valence-electron chi connectivity index (χ1n) is 7.74. The van der Waals surface area contributed by atoms with Gasteiger partial charge in [0.25, 0.3) is 0 Å². The monoisotopic (exact) mass is 290 g/mol. The molecule has 1 heterocycles. The van der Waals surface area contributed by atoms with Crippen molar-refractivity contribution in [3.63, 3.8) is 0 Å². The first-order valence-corrected chi connectivity index (χ1v) is 7.74. The fourth-order valence-electron chi connectivity index (χ4n) is 3.84. The number of aliphatic hydroxyl groups excluding tert-OH is 1. The Morgan fingerprint density at radius 2 is 2.10 bits per heavy atom. The van der Waals surface area contributed by atoms with Gasteiger partial charge in [-0.3, -0.25) is 4.79 Å². The van der Waals surface area contributed by atoms with Crippen molar-refractivity contribution >= 4 is 5.97 Å². The maximum atomic E-state index is 11.1. The molecule has 0 bridgehead atoms. The van der Waals surface area contributed by atoms with Gasteiger partial charge in [-0.15, -0.1) is 0 Å². The Kier molecular flexibility index (Phi) is 3.89. The number of carboxylic acids is 1. The van der Waals surface area contributed by atoms with Crippen LogP contribution in [0.15, 0.2) is 18.2 Å². The normalized spacial score (nSPS) is 20.8. The molecular weight excluding hydrogens is 268 g/mol. The van der Waals surface area contributed by atoms with Crippen molar-refractivity contribution in [3.05, 3.63) is 29.3 Å². The summed E-state index contributed by atoms with van der Waals surface area (Å²) in [5.74, 6) is 0.151. The Morgan fingerprint density at radius 1 is 1.33 bits per heavy atom. The fraction of sp³-hybridized carbons (Fsp3) is 0.588. The van der Waals surface area contributed by atoms with Gasteiger partial charge in [0.05, 0.1) is 19.1 Å². The molecule has 1 aliphatic heterocycles. The summed E-state index contributed by atoms with van der Waals surface area (Å²) in [6.45, 7) is 0.706. The second-order valence-corrected chi connectivity index (χ2v) is 6.46. The number of fused-ring (bicyclic) bond motifs is 1. The standard InChI is InChI=1S/C17H22O4/c18-14(10-17(11-16(19)20)6-1-2-7-17)12-3-4-15-13(9-12)5-8-21-15/h3-4,9,14,18H,1-2,5-8,10-11H2,(H,19,20). The number of carboxylic acid groups (broad SMARTS) is 1. The molecule has 0 aromatic heterocycles. The zero-order chi connectivity index (χ0) is 14.9. The number of carbonyl (C=O) groups is 1. The van der Waals surface area contributed by atoms with Crippen LogP contribution in [0.25, 0.3) is 0 Å². The summed E-state index contributed by atoms with van der Waals surface area (Å²) in [6, 6.07) is 5.83. The van der Waals surface area contributed by atoms with E-state index < -0.39 is 12.1 Å². The maximum absolute atomic E-state index is 11.1.